The SMILES string of the molecule is CC1=C(CCCl)[C@@H]2NC(=O)[C@]2([C@@H](O)C(C)C)[Te]1(=O)=O. The Hall–Kier alpha value is -0.150. The van der Waals surface area contributed by atoms with Crippen molar-refractivity contribution in [2.75, 3.05) is 5.88 Å². The van der Waals surface area contributed by atoms with Crippen LogP contribution < -0.4 is 5.32 Å². The molecule has 3 atom stereocenters. The van der Waals surface area contributed by atoms with Gasteiger partial charge in [-0.25, -0.2) is 0 Å². The Bertz CT molecular complexity index is 554. The maximum absolute atomic E-state index is 12.7. The Labute approximate surface area is 121 Å². The predicted octanol–water partition coefficient (Wildman–Crippen LogP) is 1.04. The molecule has 0 bridgehead atoms. The third kappa shape index (κ3) is 1.67. The zero-order valence-corrected chi connectivity index (χ0v) is 14.2. The quantitative estimate of drug-likeness (QED) is 0.418. The summed E-state index contributed by atoms with van der Waals surface area (Å²) in [5.41, 5.74) is 0.667. The van der Waals surface area contributed by atoms with Crippen molar-refractivity contribution in [2.45, 2.75) is 42.8 Å². The van der Waals surface area contributed by atoms with Gasteiger partial charge < -0.3 is 0 Å². The van der Waals surface area contributed by atoms with E-state index in [4.69, 9.17) is 11.6 Å². The van der Waals surface area contributed by atoms with Gasteiger partial charge in [-0.05, 0) is 0 Å². The molecule has 0 aromatic rings. The van der Waals surface area contributed by atoms with Crippen LogP contribution >= 0.6 is 11.6 Å². The number of hydrogen-bond donors (Lipinski definition) is 2. The van der Waals surface area contributed by atoms with Crippen molar-refractivity contribution in [1.29, 1.82) is 0 Å². The summed E-state index contributed by atoms with van der Waals surface area (Å²) in [7, 11) is 0. The van der Waals surface area contributed by atoms with E-state index in [0.717, 1.165) is 0 Å². The fourth-order valence-electron chi connectivity index (χ4n) is 3.04. The molecule has 2 rings (SSSR count). The van der Waals surface area contributed by atoms with Gasteiger partial charge >= 0.3 is 121 Å². The summed E-state index contributed by atoms with van der Waals surface area (Å²) in [4.78, 5) is 12.0. The molecule has 2 aliphatic heterocycles. The summed E-state index contributed by atoms with van der Waals surface area (Å²) in [5.74, 6) is -0.565. The number of β-lactam (4-membered cyclic amide) rings is 1. The topological polar surface area (TPSA) is 83.5 Å². The van der Waals surface area contributed by atoms with Crippen molar-refractivity contribution < 1.29 is 16.1 Å². The van der Waals surface area contributed by atoms with E-state index in [2.05, 4.69) is 5.32 Å². The summed E-state index contributed by atoms with van der Waals surface area (Å²) in [5, 5.41) is 13.0. The number of carbonyl (C=O) groups is 1. The number of hydrogen-bond acceptors (Lipinski definition) is 4. The van der Waals surface area contributed by atoms with Crippen LogP contribution in [-0.2, 0) is 11.0 Å². The van der Waals surface area contributed by atoms with Gasteiger partial charge in [0.25, 0.3) is 0 Å². The van der Waals surface area contributed by atoms with Gasteiger partial charge in [-0.3, -0.25) is 0 Å². The van der Waals surface area contributed by atoms with E-state index in [9.17, 15) is 16.1 Å². The Morgan fingerprint density at radius 1 is 1.47 bits per heavy atom. The number of amides is 1. The molecule has 0 radical (unpaired) electrons. The second-order valence-electron chi connectivity index (χ2n) is 5.41. The number of aliphatic hydroxyl groups excluding tert-OH is 1. The van der Waals surface area contributed by atoms with Crippen LogP contribution in [0, 0.1) is 5.92 Å². The minimum atomic E-state index is -5.12. The molecule has 2 N–H and O–H groups in total. The molecule has 0 spiro atoms. The number of alkyl halides is 1. The predicted molar refractivity (Wildman–Crippen MR) is 70.6 cm³/mol. The van der Waals surface area contributed by atoms with Crippen molar-refractivity contribution in [3.8, 4) is 0 Å². The molecule has 1 fully saturated rings. The second kappa shape index (κ2) is 4.70. The number of allylic oxidation sites excluding steroid dienone is 1. The van der Waals surface area contributed by atoms with Crippen LogP contribution in [0.4, 0.5) is 0 Å². The molecule has 1 amide bonds. The maximum atomic E-state index is 12.7. The molecule has 19 heavy (non-hydrogen) atoms. The number of fused-ring (bicyclic) bond motifs is 1. The fraction of sp³-hybridized carbons (Fsp3) is 0.750. The molecule has 0 aromatic carbocycles. The molecule has 0 unspecified atom stereocenters. The number of halogens is 1. The standard InChI is InChI=1S/C12H18ClNO4Te/c1-6(2)10(15)12-9(14-11(12)16)8(4-5-13)7(3)19(12,17)18/h6,9-10,15H,4-5H2,1-3H3,(H,14,16)/t9-,10-,12-/m0/s1. The van der Waals surface area contributed by atoms with Gasteiger partial charge in [-0.2, -0.15) is 0 Å². The van der Waals surface area contributed by atoms with Gasteiger partial charge in [0.1, 0.15) is 0 Å². The minimum absolute atomic E-state index is 0.284. The molecule has 2 aliphatic rings. The van der Waals surface area contributed by atoms with E-state index < -0.39 is 39.7 Å². The Balaban J connectivity index is 2.59. The molecule has 0 aromatic heterocycles. The third-order valence-corrected chi connectivity index (χ3v) is 11.8. The number of rotatable bonds is 4. The molecule has 1 saturated heterocycles. The molecule has 7 heteroatoms. The first kappa shape index (κ1) is 15.2. The molecular weight excluding hydrogens is 385 g/mol. The molecule has 108 valence electrons. The van der Waals surface area contributed by atoms with Crippen LogP contribution in [0.5, 0.6) is 0 Å². The first-order chi connectivity index (χ1) is 8.72. The number of nitrogens with one attached hydrogen (secondary N) is 1. The molecular formula is C12H18ClNO4Te. The van der Waals surface area contributed by atoms with Gasteiger partial charge in [0.15, 0.2) is 0 Å². The zero-order valence-electron chi connectivity index (χ0n) is 11.1. The van der Waals surface area contributed by atoms with Crippen LogP contribution in [0.2, 0.25) is 3.46 Å². The Morgan fingerprint density at radius 2 is 2.05 bits per heavy atom. The second-order valence-corrected chi connectivity index (χ2v) is 12.3. The van der Waals surface area contributed by atoms with Crippen LogP contribution in [-0.4, -0.2) is 47.2 Å². The van der Waals surface area contributed by atoms with E-state index in [1.807, 2.05) is 0 Å². The van der Waals surface area contributed by atoms with Crippen molar-refractivity contribution in [2.24, 2.45) is 5.92 Å². The summed E-state index contributed by atoms with van der Waals surface area (Å²) in [6.07, 6.45) is -0.756. The van der Waals surface area contributed by atoms with Crippen molar-refractivity contribution >= 4 is 35.7 Å². The van der Waals surface area contributed by atoms with E-state index >= 15 is 0 Å². The summed E-state index contributed by atoms with van der Waals surface area (Å²) >= 11 is 0.588. The van der Waals surface area contributed by atoms with Crippen molar-refractivity contribution in [1.82, 2.24) is 5.32 Å². The van der Waals surface area contributed by atoms with Crippen molar-refractivity contribution in [3.05, 3.63) is 9.19 Å². The van der Waals surface area contributed by atoms with Gasteiger partial charge in [-0.15, -0.1) is 0 Å². The number of aliphatic hydroxyl groups is 1. The summed E-state index contributed by atoms with van der Waals surface area (Å²) < 4.78 is 24.1. The summed E-state index contributed by atoms with van der Waals surface area (Å²) in [6, 6.07) is -0.590. The fourth-order valence-corrected chi connectivity index (χ4v) is 10.3. The molecule has 0 aliphatic carbocycles. The average molecular weight is 403 g/mol. The van der Waals surface area contributed by atoms with E-state index in [1.54, 1.807) is 13.8 Å². The summed E-state index contributed by atoms with van der Waals surface area (Å²) in [6.45, 7) is 4.97. The first-order valence-corrected chi connectivity index (χ1v) is 11.0. The zero-order chi connectivity index (χ0) is 14.6. The molecule has 5 nitrogen and oxygen atoms in total. The Morgan fingerprint density at radius 3 is 2.47 bits per heavy atom. The van der Waals surface area contributed by atoms with Crippen LogP contribution in [0.3, 0.4) is 0 Å². The van der Waals surface area contributed by atoms with Crippen molar-refractivity contribution in [3.63, 3.8) is 0 Å². The van der Waals surface area contributed by atoms with Crippen LogP contribution in [0.25, 0.3) is 0 Å². The van der Waals surface area contributed by atoms with Crippen LogP contribution in [0.15, 0.2) is 9.19 Å². The van der Waals surface area contributed by atoms with Gasteiger partial charge in [0, 0.05) is 0 Å². The van der Waals surface area contributed by atoms with E-state index in [-0.39, 0.29) is 9.54 Å². The van der Waals surface area contributed by atoms with Gasteiger partial charge in [0.2, 0.25) is 0 Å². The van der Waals surface area contributed by atoms with Crippen LogP contribution in [0.1, 0.15) is 27.2 Å². The molecule has 2 heterocycles. The third-order valence-electron chi connectivity index (χ3n) is 4.14. The van der Waals surface area contributed by atoms with Gasteiger partial charge in [0.05, 0.1) is 0 Å². The number of carbonyl (C=O) groups excluding carboxylic acids is 1. The first-order valence-electron chi connectivity index (χ1n) is 6.22. The van der Waals surface area contributed by atoms with Gasteiger partial charge in [-0.1, -0.05) is 0 Å². The normalized spacial score (nSPS) is 34.0. The average Bonchev–Trinajstić information content (AvgIpc) is 2.43. The monoisotopic (exact) mass is 405 g/mol. The molecule has 0 saturated carbocycles. The van der Waals surface area contributed by atoms with E-state index in [0.29, 0.717) is 17.9 Å². The Kier molecular flexibility index (Phi) is 3.77. The van der Waals surface area contributed by atoms with E-state index in [1.165, 1.54) is 6.92 Å².